The van der Waals surface area contributed by atoms with Crippen molar-refractivity contribution in [2.75, 3.05) is 36.9 Å². The van der Waals surface area contributed by atoms with Crippen molar-refractivity contribution in [2.45, 2.75) is 81.7 Å². The molecule has 0 aliphatic carbocycles. The first-order valence-electron chi connectivity index (χ1n) is 22.6. The average Bonchev–Trinajstić information content (AvgIpc) is 3.82. The second-order valence-corrected chi connectivity index (χ2v) is 21.6. The summed E-state index contributed by atoms with van der Waals surface area (Å²) >= 11 is 7.41. The molecule has 3 aromatic carbocycles. The maximum absolute atomic E-state index is 14.1. The highest BCUT2D eigenvalue weighted by Crippen LogP contribution is 2.46. The molecule has 5 N–H and O–H groups in total. The van der Waals surface area contributed by atoms with Crippen LogP contribution in [0, 0.1) is 0 Å². The summed E-state index contributed by atoms with van der Waals surface area (Å²) in [6.07, 6.45) is 4.95. The number of benzene rings is 3. The smallest absolute Gasteiger partial charge is 0.349 e. The maximum Gasteiger partial charge on any atom is 0.349 e. The lowest BCUT2D eigenvalue weighted by molar-refractivity contribution is -0.139. The normalized spacial score (nSPS) is 19.1. The monoisotopic (exact) mass is 995 g/mol. The molecule has 0 bridgehead atoms. The van der Waals surface area contributed by atoms with Gasteiger partial charge in [-0.1, -0.05) is 54.1 Å². The van der Waals surface area contributed by atoms with Gasteiger partial charge in [-0.3, -0.25) is 14.9 Å². The van der Waals surface area contributed by atoms with Crippen LogP contribution in [0.3, 0.4) is 0 Å². The Morgan fingerprint density at radius 1 is 0.928 bits per heavy atom. The van der Waals surface area contributed by atoms with Crippen molar-refractivity contribution in [3.05, 3.63) is 106 Å². The molecule has 69 heavy (non-hydrogen) atoms. The average molecular weight is 997 g/mol. The molecular weight excluding hydrogens is 946 g/mol. The van der Waals surface area contributed by atoms with Crippen molar-refractivity contribution in [3.8, 4) is 16.2 Å². The molecule has 0 spiro atoms. The van der Waals surface area contributed by atoms with Crippen molar-refractivity contribution < 1.29 is 47.3 Å². The molecule has 17 nitrogen and oxygen atoms in total. The van der Waals surface area contributed by atoms with E-state index in [2.05, 4.69) is 22.0 Å². The second kappa shape index (κ2) is 19.1. The lowest BCUT2D eigenvalue weighted by Crippen LogP contribution is -2.55. The standard InChI is InChI=1S/C49H50ClN7O10S2/c1-49(2)24-34(52-33-10-6-8-30(22-33)43-41(50)42(67-26-40(59)60)44(68-43)47(62)63)17-20-56(49)69(65,66)27-28-7-5-9-32(21-28)53-48(64)55-18-15-29(16-19-55)31-23-36-35-11-3-4-12-37(35)57(45(36)51-25-31)38-13-14-39(58)54-46(38)61/h3-12,21-23,25,29,34,38,52H,13-20,24,26-27H2,1-2H3,(H,53,64)(H,59,60)(H,62,63)(H,54,58,61)/t34-,38?/m0/s1. The van der Waals surface area contributed by atoms with E-state index in [9.17, 15) is 37.5 Å². The number of thiophene rings is 1. The molecule has 0 saturated carbocycles. The van der Waals surface area contributed by atoms with Gasteiger partial charge in [0.05, 0.1) is 16.1 Å². The Balaban J connectivity index is 0.802. The molecule has 6 heterocycles. The molecule has 3 aliphatic rings. The van der Waals surface area contributed by atoms with E-state index in [0.29, 0.717) is 78.2 Å². The van der Waals surface area contributed by atoms with Gasteiger partial charge in [0, 0.05) is 66.0 Å². The number of fused-ring (bicyclic) bond motifs is 3. The fraction of sp³-hybridized carbons (Fsp3) is 0.347. The van der Waals surface area contributed by atoms with Crippen LogP contribution in [-0.2, 0) is 30.2 Å². The molecule has 20 heteroatoms. The molecule has 3 aromatic heterocycles. The molecular formula is C49H50ClN7O10S2. The third-order valence-corrected chi connectivity index (χ3v) is 16.9. The fourth-order valence-corrected chi connectivity index (χ4v) is 13.4. The van der Waals surface area contributed by atoms with Crippen molar-refractivity contribution >= 4 is 96.1 Å². The third kappa shape index (κ3) is 9.86. The van der Waals surface area contributed by atoms with Gasteiger partial charge in [-0.2, -0.15) is 4.31 Å². The highest BCUT2D eigenvalue weighted by molar-refractivity contribution is 7.88. The zero-order chi connectivity index (χ0) is 48.8. The van der Waals surface area contributed by atoms with Crippen LogP contribution in [0.25, 0.3) is 32.4 Å². The predicted molar refractivity (Wildman–Crippen MR) is 263 cm³/mol. The van der Waals surface area contributed by atoms with Crippen LogP contribution < -0.4 is 20.7 Å². The van der Waals surface area contributed by atoms with Gasteiger partial charge in [0.2, 0.25) is 21.8 Å². The predicted octanol–water partition coefficient (Wildman–Crippen LogP) is 8.31. The van der Waals surface area contributed by atoms with Crippen molar-refractivity contribution in [1.29, 1.82) is 0 Å². The van der Waals surface area contributed by atoms with Crippen molar-refractivity contribution in [3.63, 3.8) is 0 Å². The third-order valence-electron chi connectivity index (χ3n) is 13.1. The van der Waals surface area contributed by atoms with Gasteiger partial charge in [-0.25, -0.2) is 27.8 Å². The van der Waals surface area contributed by atoms with E-state index in [-0.39, 0.29) is 64.2 Å². The number of carbonyl (C=O) groups excluding carboxylic acids is 3. The van der Waals surface area contributed by atoms with Gasteiger partial charge in [0.25, 0.3) is 0 Å². The van der Waals surface area contributed by atoms with Gasteiger partial charge in [-0.05, 0) is 105 Å². The number of imide groups is 1. The van der Waals surface area contributed by atoms with Crippen LogP contribution in [0.5, 0.6) is 5.75 Å². The highest BCUT2D eigenvalue weighted by Gasteiger charge is 2.42. The number of amides is 4. The van der Waals surface area contributed by atoms with E-state index < -0.39 is 40.1 Å². The van der Waals surface area contributed by atoms with Crippen LogP contribution in [0.2, 0.25) is 5.02 Å². The van der Waals surface area contributed by atoms with Crippen LogP contribution >= 0.6 is 22.9 Å². The summed E-state index contributed by atoms with van der Waals surface area (Å²) in [5, 5.41) is 29.7. The Hall–Kier alpha value is -6.54. The Morgan fingerprint density at radius 3 is 2.42 bits per heavy atom. The van der Waals surface area contributed by atoms with E-state index in [1.165, 1.54) is 0 Å². The number of aliphatic carboxylic acids is 1. The number of aromatic nitrogens is 2. The van der Waals surface area contributed by atoms with Crippen molar-refractivity contribution in [2.24, 2.45) is 0 Å². The number of carbonyl (C=O) groups is 5. The molecule has 0 radical (unpaired) electrons. The van der Waals surface area contributed by atoms with E-state index in [4.69, 9.17) is 26.4 Å². The second-order valence-electron chi connectivity index (χ2n) is 18.3. The van der Waals surface area contributed by atoms with Gasteiger partial charge in [0.1, 0.15) is 16.7 Å². The van der Waals surface area contributed by atoms with Crippen LogP contribution in [0.15, 0.2) is 85.1 Å². The Kier molecular flexibility index (Phi) is 13.2. The zero-order valence-electron chi connectivity index (χ0n) is 37.7. The number of anilines is 2. The summed E-state index contributed by atoms with van der Waals surface area (Å²) in [7, 11) is -3.80. The van der Waals surface area contributed by atoms with Crippen molar-refractivity contribution in [1.82, 2.24) is 24.1 Å². The van der Waals surface area contributed by atoms with Gasteiger partial charge in [-0.15, -0.1) is 11.3 Å². The molecule has 3 saturated heterocycles. The number of ether oxygens (including phenoxy) is 1. The number of aromatic carboxylic acids is 1. The SMILES string of the molecule is CC1(C)C[C@@H](Nc2cccc(-c3sc(C(=O)O)c(OCC(=O)O)c3Cl)c2)CCN1S(=O)(=O)Cc1cccc(NC(=O)N2CCC(c3cnc4c(c3)c3ccccc3n4C3CCC(=O)NC3=O)CC2)c1. The van der Waals surface area contributed by atoms with Gasteiger partial charge >= 0.3 is 18.0 Å². The van der Waals surface area contributed by atoms with Gasteiger partial charge in [0.15, 0.2) is 17.2 Å². The molecule has 2 atom stereocenters. The minimum Gasteiger partial charge on any atom is -0.479 e. The number of likely N-dealkylation sites (tertiary alicyclic amines) is 1. The molecule has 360 valence electrons. The van der Waals surface area contributed by atoms with E-state index >= 15 is 0 Å². The first-order valence-corrected chi connectivity index (χ1v) is 25.4. The topological polar surface area (TPSA) is 230 Å². The number of sulfonamides is 1. The number of urea groups is 1. The number of carboxylic acid groups (broad SMARTS) is 2. The Labute approximate surface area is 406 Å². The zero-order valence-corrected chi connectivity index (χ0v) is 40.1. The quantitative estimate of drug-likeness (QED) is 0.0689. The summed E-state index contributed by atoms with van der Waals surface area (Å²) < 4.78 is 36.9. The molecule has 9 rings (SSSR count). The molecule has 4 amide bonds. The van der Waals surface area contributed by atoms with E-state index in [0.717, 1.165) is 33.2 Å². The summed E-state index contributed by atoms with van der Waals surface area (Å²) in [4.78, 5) is 68.3. The minimum absolute atomic E-state index is 0.00132. The van der Waals surface area contributed by atoms with Gasteiger partial charge < -0.3 is 35.1 Å². The number of carboxylic acids is 2. The molecule has 3 aliphatic heterocycles. The number of nitrogens with one attached hydrogen (secondary N) is 3. The molecule has 3 fully saturated rings. The number of rotatable bonds is 13. The Morgan fingerprint density at radius 2 is 1.68 bits per heavy atom. The van der Waals surface area contributed by atoms with Crippen LogP contribution in [-0.4, -0.2) is 105 Å². The minimum atomic E-state index is -3.80. The van der Waals surface area contributed by atoms with E-state index in [1.807, 2.05) is 61.0 Å². The summed E-state index contributed by atoms with van der Waals surface area (Å²) in [6.45, 7) is 4.32. The highest BCUT2D eigenvalue weighted by atomic mass is 35.5. The summed E-state index contributed by atoms with van der Waals surface area (Å²) in [5.74, 6) is -3.47. The first-order chi connectivity index (χ1) is 33.0. The summed E-state index contributed by atoms with van der Waals surface area (Å²) in [5.41, 5.74) is 4.21. The largest absolute Gasteiger partial charge is 0.479 e. The number of halogens is 1. The van der Waals surface area contributed by atoms with E-state index in [1.54, 1.807) is 45.6 Å². The number of nitrogens with zero attached hydrogens (tertiary/aromatic N) is 4. The first kappa shape index (κ1) is 47.5. The number of hydrogen-bond donors (Lipinski definition) is 5. The van der Waals surface area contributed by atoms with Crippen LogP contribution in [0.4, 0.5) is 16.2 Å². The van der Waals surface area contributed by atoms with Crippen LogP contribution in [0.1, 0.15) is 85.1 Å². The summed E-state index contributed by atoms with van der Waals surface area (Å²) in [6, 6.07) is 23.2. The number of piperidine rings is 3. The number of hydrogen-bond acceptors (Lipinski definition) is 11. The number of pyridine rings is 1. The lowest BCUT2D eigenvalue weighted by atomic mass is 9.89. The Bertz CT molecular complexity index is 3150. The molecule has 6 aromatic rings. The fourth-order valence-electron chi connectivity index (χ4n) is 10.00. The number of para-hydroxylation sites is 1. The lowest BCUT2D eigenvalue weighted by Gasteiger charge is -2.45. The molecule has 1 unspecified atom stereocenters. The maximum atomic E-state index is 14.1.